The van der Waals surface area contributed by atoms with E-state index in [2.05, 4.69) is 0 Å². The number of nitrogens with zero attached hydrogens (tertiary/aromatic N) is 1. The molecule has 0 bridgehead atoms. The third kappa shape index (κ3) is 3.34. The minimum absolute atomic E-state index is 0.107. The Bertz CT molecular complexity index is 1190. The average molecular weight is 471 g/mol. The van der Waals surface area contributed by atoms with E-state index in [-0.39, 0.29) is 38.2 Å². The van der Waals surface area contributed by atoms with Crippen molar-refractivity contribution in [3.8, 4) is 11.8 Å². The van der Waals surface area contributed by atoms with E-state index < -0.39 is 60.1 Å². The van der Waals surface area contributed by atoms with E-state index in [1.807, 2.05) is 6.07 Å². The van der Waals surface area contributed by atoms with Gasteiger partial charge < -0.3 is 4.74 Å². The van der Waals surface area contributed by atoms with Gasteiger partial charge in [-0.15, -0.1) is 0 Å². The van der Waals surface area contributed by atoms with Gasteiger partial charge in [-0.1, -0.05) is 0 Å². The van der Waals surface area contributed by atoms with Gasteiger partial charge in [0.2, 0.25) is 0 Å². The Morgan fingerprint density at radius 3 is 2.38 bits per heavy atom. The summed E-state index contributed by atoms with van der Waals surface area (Å²) in [7, 11) is -4.47. The zero-order valence-electron chi connectivity index (χ0n) is 16.6. The summed E-state index contributed by atoms with van der Waals surface area (Å²) in [5.41, 5.74) is -1.45. The van der Waals surface area contributed by atoms with Crippen LogP contribution in [0.3, 0.4) is 0 Å². The van der Waals surface area contributed by atoms with Crippen LogP contribution in [-0.4, -0.2) is 15.0 Å². The van der Waals surface area contributed by atoms with Crippen molar-refractivity contribution in [2.24, 2.45) is 11.8 Å². The first kappa shape index (κ1) is 22.5. The van der Waals surface area contributed by atoms with Gasteiger partial charge in [-0.2, -0.15) is 18.4 Å². The molecule has 0 spiro atoms. The summed E-state index contributed by atoms with van der Waals surface area (Å²) in [6.45, 7) is -0.213. The van der Waals surface area contributed by atoms with Crippen LogP contribution in [0.25, 0.3) is 0 Å². The standard InChI is InChI=1S/C22H18F5NO3S/c23-17-5-6-18(24)20-19(17)21(9-7-13(8-10-28)11-15(21)12-31-20)32(29,30)16-3-1-14(2-4-16)22(25,26)27/h1-6,13,15H,7-9,11-12H2. The number of fused-ring (bicyclic) bond motifs is 3. The number of benzene rings is 2. The maximum Gasteiger partial charge on any atom is 0.416 e. The number of halogens is 5. The van der Waals surface area contributed by atoms with Crippen molar-refractivity contribution in [3.05, 3.63) is 59.2 Å². The molecule has 1 heterocycles. The fraction of sp³-hybridized carbons (Fsp3) is 0.409. The quantitative estimate of drug-likeness (QED) is 0.564. The van der Waals surface area contributed by atoms with Gasteiger partial charge in [-0.25, -0.2) is 17.2 Å². The minimum Gasteiger partial charge on any atom is -0.490 e. The molecule has 0 amide bonds. The first-order valence-corrected chi connectivity index (χ1v) is 11.4. The Balaban J connectivity index is 1.92. The number of hydrogen-bond acceptors (Lipinski definition) is 4. The normalized spacial score (nSPS) is 25.2. The molecular weight excluding hydrogens is 453 g/mol. The van der Waals surface area contributed by atoms with Gasteiger partial charge in [0.15, 0.2) is 21.4 Å². The molecule has 10 heteroatoms. The van der Waals surface area contributed by atoms with Crippen molar-refractivity contribution in [2.45, 2.75) is 41.5 Å². The van der Waals surface area contributed by atoms with E-state index >= 15 is 4.39 Å². The molecule has 3 atom stereocenters. The smallest absolute Gasteiger partial charge is 0.416 e. The number of hydrogen-bond donors (Lipinski definition) is 0. The largest absolute Gasteiger partial charge is 0.490 e. The molecule has 0 radical (unpaired) electrons. The summed E-state index contributed by atoms with van der Waals surface area (Å²) < 4.78 is 99.8. The van der Waals surface area contributed by atoms with Crippen LogP contribution in [-0.2, 0) is 20.8 Å². The van der Waals surface area contributed by atoms with Crippen molar-refractivity contribution < 1.29 is 35.1 Å². The summed E-state index contributed by atoms with van der Waals surface area (Å²) >= 11 is 0. The third-order valence-corrected chi connectivity index (χ3v) is 9.06. The molecule has 4 rings (SSSR count). The fourth-order valence-corrected chi connectivity index (χ4v) is 7.32. The highest BCUT2D eigenvalue weighted by Crippen LogP contribution is 2.57. The molecule has 32 heavy (non-hydrogen) atoms. The van der Waals surface area contributed by atoms with E-state index in [0.29, 0.717) is 12.1 Å². The molecule has 0 saturated heterocycles. The zero-order valence-corrected chi connectivity index (χ0v) is 17.4. The minimum atomic E-state index is -4.65. The first-order valence-electron chi connectivity index (χ1n) is 9.92. The lowest BCUT2D eigenvalue weighted by molar-refractivity contribution is -0.137. The van der Waals surface area contributed by atoms with E-state index in [1.54, 1.807) is 0 Å². The number of nitriles is 1. The Kier molecular flexibility index (Phi) is 5.44. The highest BCUT2D eigenvalue weighted by Gasteiger charge is 2.59. The molecule has 4 nitrogen and oxygen atoms in total. The van der Waals surface area contributed by atoms with Gasteiger partial charge in [0, 0.05) is 12.3 Å². The second kappa shape index (κ2) is 7.73. The average Bonchev–Trinajstić information content (AvgIpc) is 2.75. The number of alkyl halides is 3. The molecule has 1 aliphatic heterocycles. The number of sulfone groups is 1. The highest BCUT2D eigenvalue weighted by atomic mass is 32.2. The van der Waals surface area contributed by atoms with Crippen molar-refractivity contribution in [1.82, 2.24) is 0 Å². The zero-order chi connectivity index (χ0) is 23.3. The Morgan fingerprint density at radius 1 is 1.09 bits per heavy atom. The summed E-state index contributed by atoms with van der Waals surface area (Å²) in [5.74, 6) is -3.31. The topological polar surface area (TPSA) is 67.2 Å². The van der Waals surface area contributed by atoms with Crippen LogP contribution in [0.5, 0.6) is 5.75 Å². The maximum absolute atomic E-state index is 15.1. The molecular formula is C22H18F5NO3S. The second-order valence-electron chi connectivity index (χ2n) is 8.16. The van der Waals surface area contributed by atoms with Crippen molar-refractivity contribution in [2.75, 3.05) is 6.61 Å². The predicted octanol–water partition coefficient (Wildman–Crippen LogP) is 5.38. The van der Waals surface area contributed by atoms with Crippen LogP contribution >= 0.6 is 0 Å². The van der Waals surface area contributed by atoms with Crippen molar-refractivity contribution in [1.29, 1.82) is 5.26 Å². The molecule has 3 unspecified atom stereocenters. The molecule has 1 aliphatic carbocycles. The van der Waals surface area contributed by atoms with Gasteiger partial charge in [0.25, 0.3) is 0 Å². The summed E-state index contributed by atoms with van der Waals surface area (Å²) in [6, 6.07) is 6.71. The highest BCUT2D eigenvalue weighted by molar-refractivity contribution is 7.92. The van der Waals surface area contributed by atoms with E-state index in [1.165, 1.54) is 0 Å². The van der Waals surface area contributed by atoms with Crippen LogP contribution in [0.4, 0.5) is 22.0 Å². The molecule has 0 aromatic heterocycles. The Hall–Kier alpha value is -2.67. The Morgan fingerprint density at radius 2 is 1.75 bits per heavy atom. The maximum atomic E-state index is 15.1. The Labute approximate surface area is 181 Å². The summed E-state index contributed by atoms with van der Waals surface area (Å²) in [5, 5.41) is 9.05. The van der Waals surface area contributed by atoms with Gasteiger partial charge in [-0.05, 0) is 61.6 Å². The van der Waals surface area contributed by atoms with E-state index in [0.717, 1.165) is 24.3 Å². The van der Waals surface area contributed by atoms with Gasteiger partial charge >= 0.3 is 6.18 Å². The molecule has 170 valence electrons. The van der Waals surface area contributed by atoms with Gasteiger partial charge in [-0.3, -0.25) is 0 Å². The lowest BCUT2D eigenvalue weighted by Crippen LogP contribution is -2.52. The van der Waals surface area contributed by atoms with Crippen LogP contribution in [0, 0.1) is 34.8 Å². The molecule has 2 aromatic rings. The van der Waals surface area contributed by atoms with Crippen molar-refractivity contribution >= 4 is 9.84 Å². The number of rotatable bonds is 3. The summed E-state index contributed by atoms with van der Waals surface area (Å²) in [4.78, 5) is -0.411. The lowest BCUT2D eigenvalue weighted by Gasteiger charge is -2.48. The van der Waals surface area contributed by atoms with Crippen LogP contribution in [0.1, 0.15) is 36.8 Å². The molecule has 1 saturated carbocycles. The van der Waals surface area contributed by atoms with Crippen LogP contribution in [0.2, 0.25) is 0 Å². The van der Waals surface area contributed by atoms with Crippen LogP contribution in [0.15, 0.2) is 41.3 Å². The van der Waals surface area contributed by atoms with E-state index in [9.17, 15) is 26.0 Å². The molecule has 1 fully saturated rings. The fourth-order valence-electron chi connectivity index (χ4n) is 4.95. The van der Waals surface area contributed by atoms with E-state index in [4.69, 9.17) is 10.00 Å². The van der Waals surface area contributed by atoms with Crippen LogP contribution < -0.4 is 4.74 Å². The lowest BCUT2D eigenvalue weighted by atomic mass is 9.68. The molecule has 2 aliphatic rings. The monoisotopic (exact) mass is 471 g/mol. The third-order valence-electron chi connectivity index (χ3n) is 6.46. The number of ether oxygens (including phenoxy) is 1. The van der Waals surface area contributed by atoms with Crippen molar-refractivity contribution in [3.63, 3.8) is 0 Å². The SMILES string of the molecule is N#CCC1CCC2(S(=O)(=O)c3ccc(C(F)(F)F)cc3)c3c(F)ccc(F)c3OCC2C1. The molecule has 0 N–H and O–H groups in total. The second-order valence-corrected chi connectivity index (χ2v) is 10.4. The van der Waals surface area contributed by atoms with Gasteiger partial charge in [0.1, 0.15) is 10.6 Å². The molecule has 2 aromatic carbocycles. The van der Waals surface area contributed by atoms with Gasteiger partial charge in [0.05, 0.1) is 28.7 Å². The summed E-state index contributed by atoms with van der Waals surface area (Å²) in [6.07, 6.45) is -4.10. The predicted molar refractivity (Wildman–Crippen MR) is 103 cm³/mol. The first-order chi connectivity index (χ1) is 15.0.